The fourth-order valence-electron chi connectivity index (χ4n) is 1.81. The third-order valence-electron chi connectivity index (χ3n) is 3.12. The topological polar surface area (TPSA) is 77.0 Å². The minimum atomic E-state index is -0.128. The fraction of sp³-hybridized carbons (Fsp3) is 0.462. The molecule has 0 atom stereocenters. The molecule has 2 aromatic rings. The quantitative estimate of drug-likeness (QED) is 0.880. The maximum atomic E-state index is 12.1. The Labute approximate surface area is 121 Å². The van der Waals surface area contributed by atoms with Gasteiger partial charge in [-0.25, -0.2) is 9.67 Å². The zero-order valence-electron chi connectivity index (χ0n) is 12.0. The Morgan fingerprint density at radius 2 is 2.20 bits per heavy atom. The highest BCUT2D eigenvalue weighted by Gasteiger charge is 2.08. The van der Waals surface area contributed by atoms with Gasteiger partial charge in [0.25, 0.3) is 5.56 Å². The first-order chi connectivity index (χ1) is 9.51. The molecule has 0 aliphatic rings. The van der Waals surface area contributed by atoms with Crippen molar-refractivity contribution in [3.05, 3.63) is 38.2 Å². The smallest absolute Gasteiger partial charge is 0.269 e. The molecule has 2 heterocycles. The van der Waals surface area contributed by atoms with Crippen molar-refractivity contribution in [3.8, 4) is 0 Å². The number of rotatable bonds is 5. The molecule has 2 rings (SSSR count). The molecule has 108 valence electrons. The van der Waals surface area contributed by atoms with Crippen molar-refractivity contribution < 1.29 is 0 Å². The minimum absolute atomic E-state index is 0.128. The molecule has 7 heteroatoms. The van der Waals surface area contributed by atoms with Crippen molar-refractivity contribution in [1.29, 1.82) is 0 Å². The van der Waals surface area contributed by atoms with Crippen molar-refractivity contribution in [1.82, 2.24) is 14.8 Å². The molecule has 6 nitrogen and oxygen atoms in total. The van der Waals surface area contributed by atoms with Crippen molar-refractivity contribution in [2.24, 2.45) is 5.73 Å². The average Bonchev–Trinajstić information content (AvgIpc) is 2.71. The van der Waals surface area contributed by atoms with E-state index in [1.165, 1.54) is 9.56 Å². The van der Waals surface area contributed by atoms with E-state index in [2.05, 4.69) is 10.1 Å². The average molecular weight is 293 g/mol. The van der Waals surface area contributed by atoms with Crippen LogP contribution in [0.3, 0.4) is 0 Å². The van der Waals surface area contributed by atoms with E-state index in [0.29, 0.717) is 19.6 Å². The summed E-state index contributed by atoms with van der Waals surface area (Å²) in [5, 5.41) is 5.10. The Hall–Kier alpha value is -1.73. The SMILES string of the molecule is Cc1nc(Cn2ncc(N(C)CCN)cc2=O)sc1C. The minimum Gasteiger partial charge on any atom is -0.372 e. The molecule has 0 amide bonds. The summed E-state index contributed by atoms with van der Waals surface area (Å²) in [6, 6.07) is 1.58. The lowest BCUT2D eigenvalue weighted by Crippen LogP contribution is -2.29. The first-order valence-electron chi connectivity index (χ1n) is 6.42. The molecule has 0 unspecified atom stereocenters. The molecule has 2 N–H and O–H groups in total. The number of nitrogens with two attached hydrogens (primary N) is 1. The number of aromatic nitrogens is 3. The summed E-state index contributed by atoms with van der Waals surface area (Å²) in [6.45, 7) is 5.64. The summed E-state index contributed by atoms with van der Waals surface area (Å²) in [5.41, 5.74) is 7.17. The molecule has 0 saturated carbocycles. The third kappa shape index (κ3) is 3.23. The van der Waals surface area contributed by atoms with Crippen molar-refractivity contribution in [2.45, 2.75) is 20.4 Å². The molecule has 2 aromatic heterocycles. The van der Waals surface area contributed by atoms with Crippen molar-refractivity contribution >= 4 is 17.0 Å². The largest absolute Gasteiger partial charge is 0.372 e. The van der Waals surface area contributed by atoms with Gasteiger partial charge in [0.1, 0.15) is 5.01 Å². The number of nitrogens with zero attached hydrogens (tertiary/aromatic N) is 4. The van der Waals surface area contributed by atoms with E-state index >= 15 is 0 Å². The predicted octanol–water partition coefficient (Wildman–Crippen LogP) is 0.760. The second-order valence-corrected chi connectivity index (χ2v) is 5.96. The Morgan fingerprint density at radius 1 is 1.45 bits per heavy atom. The summed E-state index contributed by atoms with van der Waals surface area (Å²) in [5.74, 6) is 0. The van der Waals surface area contributed by atoms with Crippen LogP contribution in [0.4, 0.5) is 5.69 Å². The first kappa shape index (κ1) is 14.7. The van der Waals surface area contributed by atoms with Crippen LogP contribution < -0.4 is 16.2 Å². The molecule has 0 bridgehead atoms. The van der Waals surface area contributed by atoms with Crippen LogP contribution >= 0.6 is 11.3 Å². The molecule has 0 aromatic carbocycles. The molecular formula is C13H19N5OS. The van der Waals surface area contributed by atoms with Crippen LogP contribution in [0.25, 0.3) is 0 Å². The molecule has 0 fully saturated rings. The monoisotopic (exact) mass is 293 g/mol. The summed E-state index contributed by atoms with van der Waals surface area (Å²) < 4.78 is 1.43. The number of likely N-dealkylation sites (N-methyl/N-ethyl adjacent to an activating group) is 1. The van der Waals surface area contributed by atoms with Gasteiger partial charge in [0.15, 0.2) is 0 Å². The standard InChI is InChI=1S/C13H19N5OS/c1-9-10(2)20-12(16-9)8-18-13(19)6-11(7-15-18)17(3)5-4-14/h6-7H,4-5,8,14H2,1-3H3. The van der Waals surface area contributed by atoms with Gasteiger partial charge in [0.05, 0.1) is 24.1 Å². The van der Waals surface area contributed by atoms with Gasteiger partial charge in [-0.2, -0.15) is 5.10 Å². The van der Waals surface area contributed by atoms with Crippen LogP contribution in [0.5, 0.6) is 0 Å². The number of thiazole rings is 1. The van der Waals surface area contributed by atoms with Gasteiger partial charge in [-0.15, -0.1) is 11.3 Å². The van der Waals surface area contributed by atoms with Crippen LogP contribution in [-0.4, -0.2) is 34.9 Å². The highest BCUT2D eigenvalue weighted by atomic mass is 32.1. The van der Waals surface area contributed by atoms with Gasteiger partial charge >= 0.3 is 0 Å². The summed E-state index contributed by atoms with van der Waals surface area (Å²) in [7, 11) is 1.89. The van der Waals surface area contributed by atoms with E-state index in [1.807, 2.05) is 25.8 Å². The second kappa shape index (κ2) is 6.15. The summed E-state index contributed by atoms with van der Waals surface area (Å²) in [6.07, 6.45) is 1.68. The van der Waals surface area contributed by atoms with Gasteiger partial charge in [0.2, 0.25) is 0 Å². The molecule has 0 aliphatic heterocycles. The Morgan fingerprint density at radius 3 is 2.75 bits per heavy atom. The lowest BCUT2D eigenvalue weighted by Gasteiger charge is -2.17. The van der Waals surface area contributed by atoms with E-state index in [0.717, 1.165) is 16.4 Å². The Kier molecular flexibility index (Phi) is 4.51. The zero-order chi connectivity index (χ0) is 14.7. The highest BCUT2D eigenvalue weighted by Crippen LogP contribution is 2.16. The van der Waals surface area contributed by atoms with Gasteiger partial charge in [-0.1, -0.05) is 0 Å². The zero-order valence-corrected chi connectivity index (χ0v) is 12.8. The second-order valence-electron chi connectivity index (χ2n) is 4.67. The molecular weight excluding hydrogens is 274 g/mol. The normalized spacial score (nSPS) is 10.8. The Balaban J connectivity index is 2.19. The molecule has 0 saturated heterocycles. The maximum Gasteiger partial charge on any atom is 0.269 e. The van der Waals surface area contributed by atoms with Gasteiger partial charge < -0.3 is 10.6 Å². The molecule has 20 heavy (non-hydrogen) atoms. The third-order valence-corrected chi connectivity index (χ3v) is 4.18. The number of hydrogen-bond donors (Lipinski definition) is 1. The fourth-order valence-corrected chi connectivity index (χ4v) is 2.73. The van der Waals surface area contributed by atoms with Gasteiger partial charge in [-0.3, -0.25) is 4.79 Å². The van der Waals surface area contributed by atoms with Crippen LogP contribution in [0.2, 0.25) is 0 Å². The lowest BCUT2D eigenvalue weighted by molar-refractivity contribution is 0.634. The van der Waals surface area contributed by atoms with Crippen LogP contribution in [0.15, 0.2) is 17.1 Å². The first-order valence-corrected chi connectivity index (χ1v) is 7.24. The van der Waals surface area contributed by atoms with E-state index in [9.17, 15) is 4.79 Å². The summed E-state index contributed by atoms with van der Waals surface area (Å²) >= 11 is 1.60. The lowest BCUT2D eigenvalue weighted by atomic mass is 10.4. The van der Waals surface area contributed by atoms with Gasteiger partial charge in [0, 0.05) is 31.1 Å². The maximum absolute atomic E-state index is 12.1. The highest BCUT2D eigenvalue weighted by molar-refractivity contribution is 7.11. The number of hydrogen-bond acceptors (Lipinski definition) is 6. The van der Waals surface area contributed by atoms with Crippen LogP contribution in [-0.2, 0) is 6.54 Å². The number of anilines is 1. The van der Waals surface area contributed by atoms with Crippen molar-refractivity contribution in [3.63, 3.8) is 0 Å². The predicted molar refractivity (Wildman–Crippen MR) is 81.5 cm³/mol. The summed E-state index contributed by atoms with van der Waals surface area (Å²) in [4.78, 5) is 19.6. The number of aryl methyl sites for hydroxylation is 2. The van der Waals surface area contributed by atoms with E-state index in [4.69, 9.17) is 5.73 Å². The molecule has 0 spiro atoms. The van der Waals surface area contributed by atoms with E-state index in [1.54, 1.807) is 23.6 Å². The molecule has 0 radical (unpaired) electrons. The van der Waals surface area contributed by atoms with Gasteiger partial charge in [-0.05, 0) is 13.8 Å². The van der Waals surface area contributed by atoms with E-state index in [-0.39, 0.29) is 5.56 Å². The van der Waals surface area contributed by atoms with Crippen LogP contribution in [0.1, 0.15) is 15.6 Å². The Bertz CT molecular complexity index is 629. The van der Waals surface area contributed by atoms with Crippen LogP contribution in [0, 0.1) is 13.8 Å². The van der Waals surface area contributed by atoms with Crippen molar-refractivity contribution in [2.75, 3.05) is 25.0 Å². The molecule has 0 aliphatic carbocycles. The van der Waals surface area contributed by atoms with E-state index < -0.39 is 0 Å².